The topological polar surface area (TPSA) is 70.2 Å². The van der Waals surface area contributed by atoms with Crippen LogP contribution in [0.5, 0.6) is 0 Å². The summed E-state index contributed by atoms with van der Waals surface area (Å²) in [6.07, 6.45) is 2.68. The van der Waals surface area contributed by atoms with E-state index in [0.29, 0.717) is 18.7 Å². The Bertz CT molecular complexity index is 835. The van der Waals surface area contributed by atoms with Crippen LogP contribution in [0.2, 0.25) is 5.02 Å². The number of benzene rings is 1. The summed E-state index contributed by atoms with van der Waals surface area (Å²) in [7, 11) is 0. The second kappa shape index (κ2) is 6.89. The van der Waals surface area contributed by atoms with Gasteiger partial charge >= 0.3 is 6.03 Å². The Morgan fingerprint density at radius 1 is 1.50 bits per heavy atom. The van der Waals surface area contributed by atoms with E-state index in [0.717, 1.165) is 36.4 Å². The smallest absolute Gasteiger partial charge is 0.322 e. The Morgan fingerprint density at radius 3 is 3.08 bits per heavy atom. The predicted molar refractivity (Wildman–Crippen MR) is 95.7 cm³/mol. The van der Waals surface area contributed by atoms with E-state index in [2.05, 4.69) is 15.5 Å². The fraction of sp³-hybridized carbons (Fsp3) is 0.444. The van der Waals surface area contributed by atoms with E-state index in [1.165, 1.54) is 18.2 Å². The highest BCUT2D eigenvalue weighted by Gasteiger charge is 2.33. The average Bonchev–Trinajstić information content (AvgIpc) is 3.26. The van der Waals surface area contributed by atoms with Gasteiger partial charge in [-0.1, -0.05) is 11.6 Å². The number of H-pyrrole nitrogens is 1. The molecule has 1 aromatic heterocycles. The lowest BCUT2D eigenvalue weighted by atomic mass is 9.97. The fourth-order valence-corrected chi connectivity index (χ4v) is 3.78. The van der Waals surface area contributed by atoms with Crippen molar-refractivity contribution in [3.63, 3.8) is 0 Å². The second-order valence-corrected chi connectivity index (χ2v) is 7.21. The van der Waals surface area contributed by atoms with Gasteiger partial charge in [0.05, 0.1) is 17.3 Å². The average molecular weight is 379 g/mol. The minimum Gasteiger partial charge on any atom is -0.372 e. The Balaban J connectivity index is 1.53. The molecular weight excluding hydrogens is 359 g/mol. The van der Waals surface area contributed by atoms with E-state index in [-0.39, 0.29) is 23.2 Å². The molecule has 2 atom stereocenters. The van der Waals surface area contributed by atoms with Gasteiger partial charge in [-0.2, -0.15) is 5.10 Å². The summed E-state index contributed by atoms with van der Waals surface area (Å²) in [5, 5.41) is 10.3. The number of fused-ring (bicyclic) bond motifs is 1. The maximum atomic E-state index is 13.3. The molecule has 0 saturated carbocycles. The number of carbonyl (C=O) groups is 1. The number of amides is 2. The number of carbonyl (C=O) groups excluding carboxylic acids is 1. The molecule has 0 bridgehead atoms. The number of hydrogen-bond acceptors (Lipinski definition) is 3. The van der Waals surface area contributed by atoms with Gasteiger partial charge in [0.25, 0.3) is 0 Å². The molecule has 1 fully saturated rings. The third-order valence-corrected chi connectivity index (χ3v) is 5.30. The van der Waals surface area contributed by atoms with E-state index >= 15 is 0 Å². The highest BCUT2D eigenvalue weighted by molar-refractivity contribution is 6.31. The highest BCUT2D eigenvalue weighted by Crippen LogP contribution is 2.34. The predicted octanol–water partition coefficient (Wildman–Crippen LogP) is 4.03. The van der Waals surface area contributed by atoms with Gasteiger partial charge in [0.1, 0.15) is 11.9 Å². The SMILES string of the molecule is C[C@H]1Cc2[nH]nc(C3CCCO3)c2CN1C(=O)Nc1ccc(F)c(Cl)c1. The van der Waals surface area contributed by atoms with Crippen molar-refractivity contribution in [3.8, 4) is 0 Å². The Kier molecular flexibility index (Phi) is 4.58. The molecule has 3 heterocycles. The minimum atomic E-state index is -0.514. The van der Waals surface area contributed by atoms with Gasteiger partial charge in [0, 0.05) is 36.0 Å². The molecule has 8 heteroatoms. The van der Waals surface area contributed by atoms with Gasteiger partial charge in [-0.15, -0.1) is 0 Å². The maximum absolute atomic E-state index is 13.3. The summed E-state index contributed by atoms with van der Waals surface area (Å²) in [5.41, 5.74) is 3.48. The zero-order valence-electron chi connectivity index (χ0n) is 14.4. The molecule has 2 aliphatic heterocycles. The molecule has 1 saturated heterocycles. The molecule has 138 valence electrons. The van der Waals surface area contributed by atoms with Crippen LogP contribution in [0.3, 0.4) is 0 Å². The molecular formula is C18H20ClFN4O2. The molecule has 0 radical (unpaired) electrons. The van der Waals surface area contributed by atoms with Crippen molar-refractivity contribution in [1.29, 1.82) is 0 Å². The van der Waals surface area contributed by atoms with Gasteiger partial charge in [0.2, 0.25) is 0 Å². The van der Waals surface area contributed by atoms with E-state index < -0.39 is 5.82 Å². The first-order valence-corrected chi connectivity index (χ1v) is 9.11. The van der Waals surface area contributed by atoms with Crippen LogP contribution in [0, 0.1) is 5.82 Å². The number of ether oxygens (including phenoxy) is 1. The number of halogens is 2. The summed E-state index contributed by atoms with van der Waals surface area (Å²) >= 11 is 5.79. The third-order valence-electron chi connectivity index (χ3n) is 5.01. The van der Waals surface area contributed by atoms with Gasteiger partial charge in [-0.3, -0.25) is 5.10 Å². The second-order valence-electron chi connectivity index (χ2n) is 6.81. The number of aromatic amines is 1. The van der Waals surface area contributed by atoms with Crippen LogP contribution in [0.1, 0.15) is 42.8 Å². The molecule has 4 rings (SSSR count). The zero-order valence-corrected chi connectivity index (χ0v) is 15.1. The van der Waals surface area contributed by atoms with Crippen molar-refractivity contribution in [2.24, 2.45) is 0 Å². The largest absolute Gasteiger partial charge is 0.372 e. The Hall–Kier alpha value is -2.12. The molecule has 2 amide bonds. The quantitative estimate of drug-likeness (QED) is 0.828. The van der Waals surface area contributed by atoms with Crippen molar-refractivity contribution in [2.45, 2.75) is 44.9 Å². The van der Waals surface area contributed by atoms with Gasteiger partial charge < -0.3 is 15.0 Å². The standard InChI is InChI=1S/C18H20ClFN4O2/c1-10-7-15-12(17(23-22-15)16-3-2-6-26-16)9-24(10)18(25)21-11-4-5-14(20)13(19)8-11/h4-5,8,10,16H,2-3,6-7,9H2,1H3,(H,21,25)(H,22,23)/t10-,16?/m0/s1. The molecule has 2 aromatic rings. The number of hydrogen-bond donors (Lipinski definition) is 2. The molecule has 26 heavy (non-hydrogen) atoms. The lowest BCUT2D eigenvalue weighted by Gasteiger charge is -2.33. The lowest BCUT2D eigenvalue weighted by molar-refractivity contribution is 0.106. The van der Waals surface area contributed by atoms with Gasteiger partial charge in [-0.25, -0.2) is 9.18 Å². The molecule has 0 aliphatic carbocycles. The lowest BCUT2D eigenvalue weighted by Crippen LogP contribution is -2.45. The summed E-state index contributed by atoms with van der Waals surface area (Å²) < 4.78 is 19.1. The van der Waals surface area contributed by atoms with Gasteiger partial charge in [0.15, 0.2) is 0 Å². The number of nitrogens with one attached hydrogen (secondary N) is 2. The number of nitrogens with zero attached hydrogens (tertiary/aromatic N) is 2. The van der Waals surface area contributed by atoms with Crippen molar-refractivity contribution < 1.29 is 13.9 Å². The van der Waals surface area contributed by atoms with Crippen LogP contribution in [-0.4, -0.2) is 33.8 Å². The van der Waals surface area contributed by atoms with Crippen molar-refractivity contribution in [3.05, 3.63) is 46.0 Å². The fourth-order valence-electron chi connectivity index (χ4n) is 3.60. The molecule has 2 aliphatic rings. The summed E-state index contributed by atoms with van der Waals surface area (Å²) in [4.78, 5) is 14.5. The summed E-state index contributed by atoms with van der Waals surface area (Å²) in [6, 6.07) is 3.90. The Labute approximate surface area is 155 Å². The molecule has 1 aromatic carbocycles. The molecule has 2 N–H and O–H groups in total. The van der Waals surface area contributed by atoms with E-state index in [1.807, 2.05) is 6.92 Å². The van der Waals surface area contributed by atoms with Crippen molar-refractivity contribution >= 4 is 23.3 Å². The normalized spacial score (nSPS) is 22.3. The van der Waals surface area contributed by atoms with Crippen LogP contribution >= 0.6 is 11.6 Å². The van der Waals surface area contributed by atoms with Crippen LogP contribution in [-0.2, 0) is 17.7 Å². The van der Waals surface area contributed by atoms with E-state index in [1.54, 1.807) is 4.90 Å². The summed E-state index contributed by atoms with van der Waals surface area (Å²) in [6.45, 7) is 3.20. The van der Waals surface area contributed by atoms with Crippen molar-refractivity contribution in [1.82, 2.24) is 15.1 Å². The zero-order chi connectivity index (χ0) is 18.3. The first kappa shape index (κ1) is 17.3. The van der Waals surface area contributed by atoms with E-state index in [9.17, 15) is 9.18 Å². The number of anilines is 1. The number of urea groups is 1. The van der Waals surface area contributed by atoms with Crippen LogP contribution in [0.4, 0.5) is 14.9 Å². The number of rotatable bonds is 2. The van der Waals surface area contributed by atoms with E-state index in [4.69, 9.17) is 16.3 Å². The highest BCUT2D eigenvalue weighted by atomic mass is 35.5. The summed E-state index contributed by atoms with van der Waals surface area (Å²) in [5.74, 6) is -0.514. The van der Waals surface area contributed by atoms with Gasteiger partial charge in [-0.05, 0) is 38.0 Å². The van der Waals surface area contributed by atoms with Crippen LogP contribution in [0.25, 0.3) is 0 Å². The number of aromatic nitrogens is 2. The van der Waals surface area contributed by atoms with Crippen LogP contribution < -0.4 is 5.32 Å². The monoisotopic (exact) mass is 378 g/mol. The minimum absolute atomic E-state index is 0.00391. The first-order valence-electron chi connectivity index (χ1n) is 8.73. The third kappa shape index (κ3) is 3.17. The Morgan fingerprint density at radius 2 is 2.35 bits per heavy atom. The van der Waals surface area contributed by atoms with Crippen molar-refractivity contribution in [2.75, 3.05) is 11.9 Å². The maximum Gasteiger partial charge on any atom is 0.322 e. The molecule has 6 nitrogen and oxygen atoms in total. The molecule has 1 unspecified atom stereocenters. The van der Waals surface area contributed by atoms with Crippen LogP contribution in [0.15, 0.2) is 18.2 Å². The molecule has 0 spiro atoms. The first-order chi connectivity index (χ1) is 12.5.